The van der Waals surface area contributed by atoms with Crippen molar-refractivity contribution >= 4 is 0 Å². The third-order valence-corrected chi connectivity index (χ3v) is 5.75. The molecule has 0 fully saturated rings. The van der Waals surface area contributed by atoms with Crippen LogP contribution in [0.3, 0.4) is 0 Å². The van der Waals surface area contributed by atoms with Crippen molar-refractivity contribution in [1.82, 2.24) is 0 Å². The first-order valence-corrected chi connectivity index (χ1v) is 9.63. The van der Waals surface area contributed by atoms with Crippen LogP contribution in [0, 0.1) is 29.1 Å². The molecule has 150 valence electrons. The zero-order chi connectivity index (χ0) is 20.7. The maximum Gasteiger partial charge on any atom is 0.166 e. The second-order valence-electron chi connectivity index (χ2n) is 7.43. The van der Waals surface area contributed by atoms with Gasteiger partial charge in [-0.2, -0.15) is 0 Å². The molecule has 0 heterocycles. The zero-order valence-corrected chi connectivity index (χ0v) is 15.8. The van der Waals surface area contributed by atoms with E-state index in [0.717, 1.165) is 6.07 Å². The van der Waals surface area contributed by atoms with Crippen molar-refractivity contribution in [2.24, 2.45) is 0 Å². The van der Waals surface area contributed by atoms with Gasteiger partial charge in [-0.3, -0.25) is 0 Å². The number of rotatable bonds is 3. The first-order valence-electron chi connectivity index (χ1n) is 9.63. The van der Waals surface area contributed by atoms with Crippen molar-refractivity contribution < 1.29 is 22.0 Å². The molecule has 0 amide bonds. The van der Waals surface area contributed by atoms with Gasteiger partial charge in [0.05, 0.1) is 0 Å². The molecule has 3 aromatic rings. The summed E-state index contributed by atoms with van der Waals surface area (Å²) in [5.74, 6) is -4.29. The quantitative estimate of drug-likeness (QED) is 0.419. The minimum absolute atomic E-state index is 0.0103. The van der Waals surface area contributed by atoms with Crippen LogP contribution in [0.25, 0.3) is 11.1 Å². The molecule has 1 aliphatic carbocycles. The van der Waals surface area contributed by atoms with E-state index >= 15 is 4.39 Å². The van der Waals surface area contributed by atoms with Crippen molar-refractivity contribution in [2.45, 2.75) is 38.5 Å². The molecule has 0 nitrogen and oxygen atoms in total. The SMILES string of the molecule is CCc1cc(F)c(C2CCc3c(ccc(-c4cccc(F)c4F)c3F)C2)c(F)c1. The van der Waals surface area contributed by atoms with Crippen LogP contribution in [0.2, 0.25) is 0 Å². The van der Waals surface area contributed by atoms with Gasteiger partial charge < -0.3 is 0 Å². The molecule has 0 aliphatic heterocycles. The van der Waals surface area contributed by atoms with Gasteiger partial charge in [-0.05, 0) is 66.5 Å². The molecule has 0 radical (unpaired) electrons. The first-order chi connectivity index (χ1) is 13.9. The molecule has 1 unspecified atom stereocenters. The van der Waals surface area contributed by atoms with Crippen LogP contribution < -0.4 is 0 Å². The largest absolute Gasteiger partial charge is 0.207 e. The highest BCUT2D eigenvalue weighted by Crippen LogP contribution is 2.39. The Bertz CT molecular complexity index is 1060. The molecule has 0 spiro atoms. The van der Waals surface area contributed by atoms with E-state index in [4.69, 9.17) is 0 Å². The lowest BCUT2D eigenvalue weighted by Crippen LogP contribution is -2.17. The van der Waals surface area contributed by atoms with Crippen LogP contribution >= 0.6 is 0 Å². The molecule has 3 aromatic carbocycles. The lowest BCUT2D eigenvalue weighted by molar-refractivity contribution is 0.481. The number of halogens is 5. The number of aryl methyl sites for hydroxylation is 1. The molecule has 0 saturated heterocycles. The van der Waals surface area contributed by atoms with E-state index in [1.807, 2.05) is 6.92 Å². The van der Waals surface area contributed by atoms with Crippen molar-refractivity contribution in [3.05, 3.63) is 93.8 Å². The number of fused-ring (bicyclic) bond motifs is 1. The molecule has 5 heteroatoms. The molecule has 0 aromatic heterocycles. The Balaban J connectivity index is 1.71. The third kappa shape index (κ3) is 3.43. The van der Waals surface area contributed by atoms with Gasteiger partial charge >= 0.3 is 0 Å². The average molecular weight is 402 g/mol. The lowest BCUT2D eigenvalue weighted by atomic mass is 9.78. The number of benzene rings is 3. The Labute approximate surface area is 166 Å². The van der Waals surface area contributed by atoms with Crippen LogP contribution in [0.5, 0.6) is 0 Å². The summed E-state index contributed by atoms with van der Waals surface area (Å²) >= 11 is 0. The molecule has 0 N–H and O–H groups in total. The maximum atomic E-state index is 15.1. The summed E-state index contributed by atoms with van der Waals surface area (Å²) in [6, 6.07) is 9.38. The summed E-state index contributed by atoms with van der Waals surface area (Å²) in [7, 11) is 0. The Kier molecular flexibility index (Phi) is 5.15. The predicted octanol–water partition coefficient (Wildman–Crippen LogP) is 6.88. The average Bonchev–Trinajstić information content (AvgIpc) is 2.70. The predicted molar refractivity (Wildman–Crippen MR) is 102 cm³/mol. The van der Waals surface area contributed by atoms with Crippen molar-refractivity contribution in [3.8, 4) is 11.1 Å². The highest BCUT2D eigenvalue weighted by atomic mass is 19.2. The van der Waals surface area contributed by atoms with Crippen LogP contribution in [0.4, 0.5) is 22.0 Å². The Morgan fingerprint density at radius 2 is 1.52 bits per heavy atom. The number of hydrogen-bond donors (Lipinski definition) is 0. The van der Waals surface area contributed by atoms with E-state index in [-0.39, 0.29) is 29.5 Å². The van der Waals surface area contributed by atoms with Gasteiger partial charge in [-0.25, -0.2) is 22.0 Å². The van der Waals surface area contributed by atoms with Crippen molar-refractivity contribution in [2.75, 3.05) is 0 Å². The summed E-state index contributed by atoms with van der Waals surface area (Å²) in [5, 5.41) is 0. The summed E-state index contributed by atoms with van der Waals surface area (Å²) < 4.78 is 71.8. The normalized spacial score (nSPS) is 16.0. The Morgan fingerprint density at radius 3 is 2.21 bits per heavy atom. The summed E-state index contributed by atoms with van der Waals surface area (Å²) in [5.41, 5.74) is 1.51. The Hall–Kier alpha value is -2.69. The maximum absolute atomic E-state index is 15.1. The topological polar surface area (TPSA) is 0 Å². The van der Waals surface area contributed by atoms with Gasteiger partial charge in [0.1, 0.15) is 17.5 Å². The molecular formula is C24H19F5. The standard InChI is InChI=1S/C24H19F5/c1-2-13-10-20(26)22(21(27)11-13)15-7-8-16-14(12-15)6-9-18(23(16)28)17-4-3-5-19(25)24(17)29/h3-6,9-11,15H,2,7-8,12H2,1H3. The van der Waals surface area contributed by atoms with E-state index in [0.29, 0.717) is 29.5 Å². The number of hydrogen-bond acceptors (Lipinski definition) is 0. The molecule has 4 rings (SSSR count). The highest BCUT2D eigenvalue weighted by molar-refractivity contribution is 5.67. The van der Waals surface area contributed by atoms with E-state index in [2.05, 4.69) is 0 Å². The van der Waals surface area contributed by atoms with Gasteiger partial charge in [0.2, 0.25) is 0 Å². The van der Waals surface area contributed by atoms with Crippen LogP contribution in [0.15, 0.2) is 42.5 Å². The minimum Gasteiger partial charge on any atom is -0.207 e. The van der Waals surface area contributed by atoms with E-state index in [1.54, 1.807) is 6.07 Å². The van der Waals surface area contributed by atoms with Gasteiger partial charge in [0.25, 0.3) is 0 Å². The van der Waals surface area contributed by atoms with Crippen LogP contribution in [-0.2, 0) is 19.3 Å². The molecule has 1 atom stereocenters. The smallest absolute Gasteiger partial charge is 0.166 e. The summed E-state index contributed by atoms with van der Waals surface area (Å²) in [4.78, 5) is 0. The molecular weight excluding hydrogens is 383 g/mol. The van der Waals surface area contributed by atoms with E-state index in [1.165, 1.54) is 30.3 Å². The van der Waals surface area contributed by atoms with E-state index < -0.39 is 35.0 Å². The second-order valence-corrected chi connectivity index (χ2v) is 7.43. The second kappa shape index (κ2) is 7.62. The van der Waals surface area contributed by atoms with E-state index in [9.17, 15) is 17.6 Å². The van der Waals surface area contributed by atoms with Crippen LogP contribution in [-0.4, -0.2) is 0 Å². The van der Waals surface area contributed by atoms with Crippen LogP contribution in [0.1, 0.15) is 41.5 Å². The van der Waals surface area contributed by atoms with Crippen molar-refractivity contribution in [1.29, 1.82) is 0 Å². The molecule has 29 heavy (non-hydrogen) atoms. The van der Waals surface area contributed by atoms with Gasteiger partial charge in [0.15, 0.2) is 11.6 Å². The first kappa shape index (κ1) is 19.6. The molecule has 1 aliphatic rings. The highest BCUT2D eigenvalue weighted by Gasteiger charge is 2.28. The van der Waals surface area contributed by atoms with Gasteiger partial charge in [-0.15, -0.1) is 0 Å². The fourth-order valence-corrected chi connectivity index (χ4v) is 4.21. The van der Waals surface area contributed by atoms with Gasteiger partial charge in [0, 0.05) is 16.7 Å². The minimum atomic E-state index is -1.10. The summed E-state index contributed by atoms with van der Waals surface area (Å²) in [6.45, 7) is 1.83. The summed E-state index contributed by atoms with van der Waals surface area (Å²) in [6.07, 6.45) is 1.47. The third-order valence-electron chi connectivity index (χ3n) is 5.75. The van der Waals surface area contributed by atoms with Gasteiger partial charge in [-0.1, -0.05) is 31.2 Å². The Morgan fingerprint density at radius 1 is 0.828 bits per heavy atom. The lowest BCUT2D eigenvalue weighted by Gasteiger charge is -2.27. The van der Waals surface area contributed by atoms with Crippen molar-refractivity contribution in [3.63, 3.8) is 0 Å². The molecule has 0 bridgehead atoms. The fraction of sp³-hybridized carbons (Fsp3) is 0.250. The monoisotopic (exact) mass is 402 g/mol. The zero-order valence-electron chi connectivity index (χ0n) is 15.8. The molecule has 0 saturated carbocycles. The fourth-order valence-electron chi connectivity index (χ4n) is 4.21.